The molecule has 0 spiro atoms. The second kappa shape index (κ2) is 5.49. The van der Waals surface area contributed by atoms with E-state index in [1.54, 1.807) is 0 Å². The molecular weight excluding hydrogens is 246 g/mol. The molecule has 0 radical (unpaired) electrons. The molecule has 5 atom stereocenters. The van der Waals surface area contributed by atoms with Crippen molar-refractivity contribution < 1.29 is 19.1 Å². The van der Waals surface area contributed by atoms with Gasteiger partial charge in [0.05, 0.1) is 6.04 Å². The van der Waals surface area contributed by atoms with Crippen LogP contribution in [-0.2, 0) is 19.1 Å². The average molecular weight is 269 g/mol. The molecule has 0 unspecified atom stereocenters. The molecule has 2 fully saturated rings. The summed E-state index contributed by atoms with van der Waals surface area (Å²) in [5.41, 5.74) is 0. The standard InChI is InChI=1S/C14H23NO4/c1-8-7-15-6-5-12(18-10(3)16)13(15)14(9(8)2)19-11(4)17/h8-9,12-14H,5-7H2,1-4H3/t8-,9+,12-,13+,14-/m0/s1. The van der Waals surface area contributed by atoms with Crippen LogP contribution in [-0.4, -0.2) is 48.2 Å². The quantitative estimate of drug-likeness (QED) is 0.705. The lowest BCUT2D eigenvalue weighted by molar-refractivity contribution is -0.166. The highest BCUT2D eigenvalue weighted by atomic mass is 16.6. The summed E-state index contributed by atoms with van der Waals surface area (Å²) in [4.78, 5) is 24.8. The third-order valence-corrected chi connectivity index (χ3v) is 4.40. The van der Waals surface area contributed by atoms with Gasteiger partial charge in [-0.3, -0.25) is 14.5 Å². The molecule has 2 rings (SSSR count). The summed E-state index contributed by atoms with van der Waals surface area (Å²) in [7, 11) is 0. The maximum absolute atomic E-state index is 11.3. The van der Waals surface area contributed by atoms with E-state index < -0.39 is 0 Å². The van der Waals surface area contributed by atoms with Crippen molar-refractivity contribution >= 4 is 11.9 Å². The van der Waals surface area contributed by atoms with E-state index in [0.29, 0.717) is 5.92 Å². The summed E-state index contributed by atoms with van der Waals surface area (Å²) < 4.78 is 10.9. The molecule has 0 N–H and O–H groups in total. The summed E-state index contributed by atoms with van der Waals surface area (Å²) in [5, 5.41) is 0. The van der Waals surface area contributed by atoms with Gasteiger partial charge in [0.15, 0.2) is 0 Å². The summed E-state index contributed by atoms with van der Waals surface area (Å²) in [6, 6.07) is 0.0130. The maximum atomic E-state index is 11.3. The van der Waals surface area contributed by atoms with Gasteiger partial charge < -0.3 is 9.47 Å². The van der Waals surface area contributed by atoms with Crippen molar-refractivity contribution in [3.8, 4) is 0 Å². The molecule has 5 nitrogen and oxygen atoms in total. The number of rotatable bonds is 2. The number of ether oxygens (including phenoxy) is 2. The van der Waals surface area contributed by atoms with E-state index in [-0.39, 0.29) is 36.1 Å². The predicted octanol–water partition coefficient (Wildman–Crippen LogP) is 1.21. The number of carbonyl (C=O) groups excluding carboxylic acids is 2. The fourth-order valence-electron chi connectivity index (χ4n) is 3.36. The van der Waals surface area contributed by atoms with E-state index >= 15 is 0 Å². The lowest BCUT2D eigenvalue weighted by Crippen LogP contribution is -2.57. The Kier molecular flexibility index (Phi) is 4.13. The Morgan fingerprint density at radius 3 is 2.32 bits per heavy atom. The first kappa shape index (κ1) is 14.3. The molecule has 0 bridgehead atoms. The molecule has 0 saturated carbocycles. The fourth-order valence-corrected chi connectivity index (χ4v) is 3.36. The van der Waals surface area contributed by atoms with Gasteiger partial charge in [0.1, 0.15) is 12.2 Å². The Hall–Kier alpha value is -1.10. The number of fused-ring (bicyclic) bond motifs is 1. The SMILES string of the molecule is CC(=O)O[C@H]1[C@H](C)[C@@H](C)CN2CC[C@H](OC(C)=O)[C@H]12. The van der Waals surface area contributed by atoms with Crippen LogP contribution in [0.1, 0.15) is 34.1 Å². The Labute approximate surface area is 114 Å². The molecule has 2 saturated heterocycles. The van der Waals surface area contributed by atoms with Crippen LogP contribution in [0.5, 0.6) is 0 Å². The van der Waals surface area contributed by atoms with E-state index in [1.165, 1.54) is 13.8 Å². The zero-order valence-corrected chi connectivity index (χ0v) is 12.1. The van der Waals surface area contributed by atoms with Crippen LogP contribution < -0.4 is 0 Å². The van der Waals surface area contributed by atoms with Crippen LogP contribution in [0.2, 0.25) is 0 Å². The van der Waals surface area contributed by atoms with Crippen molar-refractivity contribution in [2.24, 2.45) is 11.8 Å². The second-order valence-electron chi connectivity index (χ2n) is 5.83. The van der Waals surface area contributed by atoms with Gasteiger partial charge in [-0.25, -0.2) is 0 Å². The molecule has 5 heteroatoms. The fraction of sp³-hybridized carbons (Fsp3) is 0.857. The topological polar surface area (TPSA) is 55.8 Å². The summed E-state index contributed by atoms with van der Waals surface area (Å²) in [6.07, 6.45) is 0.478. The van der Waals surface area contributed by atoms with Crippen LogP contribution in [0.25, 0.3) is 0 Å². The van der Waals surface area contributed by atoms with Gasteiger partial charge in [-0.1, -0.05) is 13.8 Å². The average Bonchev–Trinajstić information content (AvgIpc) is 2.66. The largest absolute Gasteiger partial charge is 0.461 e. The van der Waals surface area contributed by atoms with E-state index in [0.717, 1.165) is 19.5 Å². The molecule has 2 heterocycles. The molecule has 0 aromatic heterocycles. The first-order valence-electron chi connectivity index (χ1n) is 6.98. The number of hydrogen-bond donors (Lipinski definition) is 0. The molecule has 0 aliphatic carbocycles. The van der Waals surface area contributed by atoms with E-state index in [1.807, 2.05) is 0 Å². The highest BCUT2D eigenvalue weighted by Gasteiger charge is 2.49. The molecule has 19 heavy (non-hydrogen) atoms. The lowest BCUT2D eigenvalue weighted by Gasteiger charge is -2.44. The van der Waals surface area contributed by atoms with Gasteiger partial charge in [-0.15, -0.1) is 0 Å². The van der Waals surface area contributed by atoms with Gasteiger partial charge in [0.25, 0.3) is 0 Å². The first-order chi connectivity index (χ1) is 8.90. The molecule has 2 aliphatic rings. The van der Waals surface area contributed by atoms with Crippen molar-refractivity contribution in [3.05, 3.63) is 0 Å². The number of piperidine rings is 1. The Morgan fingerprint density at radius 2 is 1.74 bits per heavy atom. The van der Waals surface area contributed by atoms with Crippen molar-refractivity contribution in [2.45, 2.75) is 52.4 Å². The Bertz CT molecular complexity index is 370. The van der Waals surface area contributed by atoms with E-state index in [4.69, 9.17) is 9.47 Å². The molecule has 108 valence electrons. The van der Waals surface area contributed by atoms with Crippen molar-refractivity contribution in [2.75, 3.05) is 13.1 Å². The number of esters is 2. The van der Waals surface area contributed by atoms with Crippen LogP contribution in [0, 0.1) is 11.8 Å². The minimum Gasteiger partial charge on any atom is -0.461 e. The molecular formula is C14H23NO4. The molecule has 2 aliphatic heterocycles. The van der Waals surface area contributed by atoms with Gasteiger partial charge in [0.2, 0.25) is 0 Å². The van der Waals surface area contributed by atoms with Crippen LogP contribution in [0.4, 0.5) is 0 Å². The minimum absolute atomic E-state index is 0.0130. The monoisotopic (exact) mass is 269 g/mol. The number of hydrogen-bond acceptors (Lipinski definition) is 5. The van der Waals surface area contributed by atoms with Gasteiger partial charge in [0, 0.05) is 26.9 Å². The van der Waals surface area contributed by atoms with Gasteiger partial charge >= 0.3 is 11.9 Å². The lowest BCUT2D eigenvalue weighted by atomic mass is 9.81. The minimum atomic E-state index is -0.264. The molecule has 0 aromatic carbocycles. The van der Waals surface area contributed by atoms with Crippen molar-refractivity contribution in [1.82, 2.24) is 4.90 Å². The normalized spacial score (nSPS) is 38.6. The molecule has 0 amide bonds. The summed E-state index contributed by atoms with van der Waals surface area (Å²) in [5.74, 6) is 0.220. The summed E-state index contributed by atoms with van der Waals surface area (Å²) >= 11 is 0. The number of nitrogens with zero attached hydrogens (tertiary/aromatic N) is 1. The van der Waals surface area contributed by atoms with Gasteiger partial charge in [-0.05, 0) is 18.3 Å². The zero-order valence-electron chi connectivity index (χ0n) is 12.1. The molecule has 0 aromatic rings. The third kappa shape index (κ3) is 2.91. The van der Waals surface area contributed by atoms with Crippen LogP contribution in [0.3, 0.4) is 0 Å². The Balaban J connectivity index is 2.19. The highest BCUT2D eigenvalue weighted by molar-refractivity contribution is 5.67. The summed E-state index contributed by atoms with van der Waals surface area (Å²) in [6.45, 7) is 9.03. The Morgan fingerprint density at radius 1 is 1.11 bits per heavy atom. The first-order valence-corrected chi connectivity index (χ1v) is 6.98. The van der Waals surface area contributed by atoms with Gasteiger partial charge in [-0.2, -0.15) is 0 Å². The van der Waals surface area contributed by atoms with Crippen LogP contribution in [0.15, 0.2) is 0 Å². The van der Waals surface area contributed by atoms with E-state index in [2.05, 4.69) is 18.7 Å². The zero-order chi connectivity index (χ0) is 14.2. The highest BCUT2D eigenvalue weighted by Crippen LogP contribution is 2.37. The number of carbonyl (C=O) groups is 2. The van der Waals surface area contributed by atoms with Crippen molar-refractivity contribution in [3.63, 3.8) is 0 Å². The van der Waals surface area contributed by atoms with Crippen molar-refractivity contribution in [1.29, 1.82) is 0 Å². The van der Waals surface area contributed by atoms with E-state index in [9.17, 15) is 9.59 Å². The smallest absolute Gasteiger partial charge is 0.302 e. The second-order valence-corrected chi connectivity index (χ2v) is 5.83. The predicted molar refractivity (Wildman–Crippen MR) is 69.4 cm³/mol. The van der Waals surface area contributed by atoms with Crippen LogP contribution >= 0.6 is 0 Å². The third-order valence-electron chi connectivity index (χ3n) is 4.40. The maximum Gasteiger partial charge on any atom is 0.302 e.